The Bertz CT molecular complexity index is 1040. The number of nitrogens with one attached hydrogen (secondary N) is 2. The maximum absolute atomic E-state index is 12.6. The quantitative estimate of drug-likeness (QED) is 0.492. The smallest absolute Gasteiger partial charge is 0.255 e. The summed E-state index contributed by atoms with van der Waals surface area (Å²) in [6.45, 7) is 0.899. The summed E-state index contributed by atoms with van der Waals surface area (Å²) in [5, 5.41) is 6.94. The molecule has 2 aromatic rings. The number of nitrogens with zero attached hydrogens (tertiary/aromatic N) is 2. The van der Waals surface area contributed by atoms with Crippen LogP contribution in [0.4, 0.5) is 5.69 Å². The third-order valence-corrected chi connectivity index (χ3v) is 6.27. The van der Waals surface area contributed by atoms with Gasteiger partial charge in [-0.1, -0.05) is 35.3 Å². The monoisotopic (exact) mass is 456 g/mol. The molecule has 2 N–H and O–H groups in total. The fourth-order valence-corrected chi connectivity index (χ4v) is 3.69. The summed E-state index contributed by atoms with van der Waals surface area (Å²) in [7, 11) is -2.63. The number of hydrazone groups is 1. The van der Waals surface area contributed by atoms with E-state index in [9.17, 15) is 18.0 Å². The van der Waals surface area contributed by atoms with Crippen molar-refractivity contribution in [3.05, 3.63) is 58.1 Å². The number of amides is 2. The highest BCUT2D eigenvalue weighted by Crippen LogP contribution is 2.24. The van der Waals surface area contributed by atoms with Gasteiger partial charge in [-0.05, 0) is 30.3 Å². The molecule has 0 aliphatic heterocycles. The zero-order valence-electron chi connectivity index (χ0n) is 15.5. The molecule has 2 aromatic carbocycles. The first-order valence-electron chi connectivity index (χ1n) is 8.21. The summed E-state index contributed by atoms with van der Waals surface area (Å²) in [5.74, 6) is -0.908. The van der Waals surface area contributed by atoms with Crippen LogP contribution >= 0.6 is 23.2 Å². The summed E-state index contributed by atoms with van der Waals surface area (Å²) < 4.78 is 26.0. The predicted octanol–water partition coefficient (Wildman–Crippen LogP) is 2.72. The number of sulfonamides is 1. The van der Waals surface area contributed by atoms with E-state index >= 15 is 0 Å². The zero-order valence-corrected chi connectivity index (χ0v) is 17.8. The molecule has 0 atom stereocenters. The van der Waals surface area contributed by atoms with Crippen molar-refractivity contribution in [1.82, 2.24) is 9.73 Å². The van der Waals surface area contributed by atoms with Crippen molar-refractivity contribution >= 4 is 56.9 Å². The SMILES string of the molecule is CC(=O)Nc1ccc(S(=O)(=O)N(C)CC(=O)N/N=C/c2cccc(Cl)c2Cl)cc1. The van der Waals surface area contributed by atoms with Gasteiger partial charge in [-0.25, -0.2) is 13.8 Å². The van der Waals surface area contributed by atoms with Crippen LogP contribution in [0, 0.1) is 0 Å². The number of carbonyl (C=O) groups excluding carboxylic acids is 2. The Labute approximate surface area is 178 Å². The van der Waals surface area contributed by atoms with E-state index in [1.54, 1.807) is 18.2 Å². The predicted molar refractivity (Wildman–Crippen MR) is 113 cm³/mol. The van der Waals surface area contributed by atoms with Crippen LogP contribution in [0.25, 0.3) is 0 Å². The van der Waals surface area contributed by atoms with Crippen molar-refractivity contribution < 1.29 is 18.0 Å². The van der Waals surface area contributed by atoms with Gasteiger partial charge in [0.2, 0.25) is 15.9 Å². The van der Waals surface area contributed by atoms with Crippen LogP contribution in [-0.4, -0.2) is 44.3 Å². The van der Waals surface area contributed by atoms with E-state index < -0.39 is 22.5 Å². The van der Waals surface area contributed by atoms with Crippen molar-refractivity contribution in [3.8, 4) is 0 Å². The van der Waals surface area contributed by atoms with Crippen molar-refractivity contribution in [2.75, 3.05) is 18.9 Å². The normalized spacial score (nSPS) is 11.6. The Morgan fingerprint density at radius 3 is 2.41 bits per heavy atom. The molecule has 0 bridgehead atoms. The molecular formula is C18H18Cl2N4O4S. The molecular weight excluding hydrogens is 439 g/mol. The molecule has 2 amide bonds. The van der Waals surface area contributed by atoms with Crippen molar-refractivity contribution in [3.63, 3.8) is 0 Å². The van der Waals surface area contributed by atoms with E-state index in [1.165, 1.54) is 44.5 Å². The van der Waals surface area contributed by atoms with Gasteiger partial charge in [0, 0.05) is 25.2 Å². The molecule has 29 heavy (non-hydrogen) atoms. The number of likely N-dealkylation sites (N-methyl/N-ethyl adjacent to an activating group) is 1. The van der Waals surface area contributed by atoms with Gasteiger partial charge in [0.15, 0.2) is 0 Å². The number of halogens is 2. The fraction of sp³-hybridized carbons (Fsp3) is 0.167. The zero-order chi connectivity index (χ0) is 21.6. The molecule has 0 unspecified atom stereocenters. The highest BCUT2D eigenvalue weighted by Gasteiger charge is 2.22. The molecule has 0 spiro atoms. The first-order chi connectivity index (χ1) is 13.6. The van der Waals surface area contributed by atoms with Crippen LogP contribution in [-0.2, 0) is 19.6 Å². The summed E-state index contributed by atoms with van der Waals surface area (Å²) in [6, 6.07) is 10.5. The largest absolute Gasteiger partial charge is 0.326 e. The fourth-order valence-electron chi connectivity index (χ4n) is 2.21. The van der Waals surface area contributed by atoms with E-state index in [0.29, 0.717) is 16.3 Å². The minimum Gasteiger partial charge on any atom is -0.326 e. The van der Waals surface area contributed by atoms with E-state index in [4.69, 9.17) is 23.2 Å². The van der Waals surface area contributed by atoms with Crippen LogP contribution in [0.5, 0.6) is 0 Å². The number of hydrogen-bond donors (Lipinski definition) is 2. The van der Waals surface area contributed by atoms with Crippen LogP contribution < -0.4 is 10.7 Å². The highest BCUT2D eigenvalue weighted by atomic mass is 35.5. The third kappa shape index (κ3) is 6.26. The maximum Gasteiger partial charge on any atom is 0.255 e. The van der Waals surface area contributed by atoms with E-state index in [2.05, 4.69) is 15.8 Å². The topological polar surface area (TPSA) is 108 Å². The number of rotatable bonds is 7. The third-order valence-electron chi connectivity index (χ3n) is 3.62. The van der Waals surface area contributed by atoms with Gasteiger partial charge in [0.25, 0.3) is 5.91 Å². The Morgan fingerprint density at radius 1 is 1.14 bits per heavy atom. The summed E-state index contributed by atoms with van der Waals surface area (Å²) in [6.07, 6.45) is 1.31. The average molecular weight is 457 g/mol. The Morgan fingerprint density at radius 2 is 1.79 bits per heavy atom. The molecule has 154 valence electrons. The molecule has 0 aliphatic rings. The van der Waals surface area contributed by atoms with Crippen molar-refractivity contribution in [2.24, 2.45) is 5.10 Å². The number of carbonyl (C=O) groups is 2. The Balaban J connectivity index is 1.99. The minimum atomic E-state index is -3.90. The molecule has 2 rings (SSSR count). The summed E-state index contributed by atoms with van der Waals surface area (Å²) in [4.78, 5) is 23.0. The Hall–Kier alpha value is -2.46. The van der Waals surface area contributed by atoms with Crippen LogP contribution in [0.2, 0.25) is 10.0 Å². The van der Waals surface area contributed by atoms with Gasteiger partial charge in [-0.15, -0.1) is 0 Å². The van der Waals surface area contributed by atoms with Crippen molar-refractivity contribution in [2.45, 2.75) is 11.8 Å². The second-order valence-electron chi connectivity index (χ2n) is 5.90. The van der Waals surface area contributed by atoms with Gasteiger partial charge in [0.1, 0.15) is 0 Å². The lowest BCUT2D eigenvalue weighted by atomic mass is 10.2. The van der Waals surface area contributed by atoms with Gasteiger partial charge in [-0.2, -0.15) is 9.41 Å². The average Bonchev–Trinajstić information content (AvgIpc) is 2.65. The van der Waals surface area contributed by atoms with Crippen LogP contribution in [0.1, 0.15) is 12.5 Å². The molecule has 8 nitrogen and oxygen atoms in total. The van der Waals surface area contributed by atoms with E-state index in [0.717, 1.165) is 4.31 Å². The van der Waals surface area contributed by atoms with Crippen molar-refractivity contribution in [1.29, 1.82) is 0 Å². The minimum absolute atomic E-state index is 0.0175. The van der Waals surface area contributed by atoms with Gasteiger partial charge < -0.3 is 5.32 Å². The van der Waals surface area contributed by atoms with Gasteiger partial charge in [-0.3, -0.25) is 9.59 Å². The molecule has 0 aliphatic carbocycles. The second kappa shape index (κ2) is 9.84. The molecule has 11 heteroatoms. The molecule has 0 radical (unpaired) electrons. The summed E-state index contributed by atoms with van der Waals surface area (Å²) >= 11 is 11.9. The maximum atomic E-state index is 12.6. The lowest BCUT2D eigenvalue weighted by molar-refractivity contribution is -0.121. The lowest BCUT2D eigenvalue weighted by Gasteiger charge is -2.16. The number of anilines is 1. The van der Waals surface area contributed by atoms with Gasteiger partial charge in [0.05, 0.1) is 27.7 Å². The highest BCUT2D eigenvalue weighted by molar-refractivity contribution is 7.89. The lowest BCUT2D eigenvalue weighted by Crippen LogP contribution is -2.36. The van der Waals surface area contributed by atoms with Gasteiger partial charge >= 0.3 is 0 Å². The van der Waals surface area contributed by atoms with E-state index in [-0.39, 0.29) is 15.8 Å². The second-order valence-corrected chi connectivity index (χ2v) is 8.73. The molecule has 0 aromatic heterocycles. The first-order valence-corrected chi connectivity index (χ1v) is 10.4. The Kier molecular flexibility index (Phi) is 7.74. The van der Waals surface area contributed by atoms with Crippen LogP contribution in [0.15, 0.2) is 52.5 Å². The standard InChI is InChI=1S/C18H18Cl2N4O4S/c1-12(25)22-14-6-8-15(9-7-14)29(27,28)24(2)11-17(26)23-21-10-13-4-3-5-16(19)18(13)20/h3-10H,11H2,1-2H3,(H,22,25)(H,23,26)/b21-10+. The summed E-state index contributed by atoms with van der Waals surface area (Å²) in [5.41, 5.74) is 3.20. The molecule has 0 saturated carbocycles. The number of hydrogen-bond acceptors (Lipinski definition) is 5. The first kappa shape index (κ1) is 22.8. The van der Waals surface area contributed by atoms with Crippen LogP contribution in [0.3, 0.4) is 0 Å². The molecule has 0 heterocycles. The number of benzene rings is 2. The molecule has 0 fully saturated rings. The van der Waals surface area contributed by atoms with E-state index in [1.807, 2.05) is 0 Å². The molecule has 0 saturated heterocycles.